The van der Waals surface area contributed by atoms with Crippen LogP contribution in [0.4, 0.5) is 4.79 Å². The van der Waals surface area contributed by atoms with Gasteiger partial charge < -0.3 is 21.5 Å². The molecule has 110 valence electrons. The number of aliphatic carboxylic acids is 1. The number of hydrogen-bond acceptors (Lipinski definition) is 3. The molecule has 2 unspecified atom stereocenters. The van der Waals surface area contributed by atoms with E-state index in [2.05, 4.69) is 10.6 Å². The summed E-state index contributed by atoms with van der Waals surface area (Å²) in [7, 11) is 0. The van der Waals surface area contributed by atoms with Gasteiger partial charge >= 0.3 is 12.0 Å². The average molecular weight is 273 g/mol. The third-order valence-corrected chi connectivity index (χ3v) is 3.02. The Labute approximate surface area is 112 Å². The number of carbonyl (C=O) groups is 3. The largest absolute Gasteiger partial charge is 0.480 e. The van der Waals surface area contributed by atoms with Crippen molar-refractivity contribution in [3.05, 3.63) is 0 Å². The van der Waals surface area contributed by atoms with Crippen LogP contribution in [0.15, 0.2) is 0 Å². The Morgan fingerprint density at radius 3 is 1.95 bits per heavy atom. The van der Waals surface area contributed by atoms with Crippen molar-refractivity contribution in [2.45, 2.75) is 46.2 Å². The molecule has 0 heterocycles. The van der Waals surface area contributed by atoms with E-state index in [0.29, 0.717) is 6.42 Å². The van der Waals surface area contributed by atoms with Crippen LogP contribution in [0.2, 0.25) is 0 Å². The zero-order chi connectivity index (χ0) is 15.2. The summed E-state index contributed by atoms with van der Waals surface area (Å²) in [4.78, 5) is 34.0. The van der Waals surface area contributed by atoms with E-state index in [9.17, 15) is 14.4 Å². The van der Waals surface area contributed by atoms with Crippen LogP contribution in [0.1, 0.15) is 34.1 Å². The predicted molar refractivity (Wildman–Crippen MR) is 70.4 cm³/mol. The highest BCUT2D eigenvalue weighted by Crippen LogP contribution is 2.09. The zero-order valence-electron chi connectivity index (χ0n) is 11.8. The first-order valence-electron chi connectivity index (χ1n) is 6.29. The lowest BCUT2D eigenvalue weighted by atomic mass is 9.97. The second-order valence-electron chi connectivity index (χ2n) is 4.94. The molecule has 0 rings (SSSR count). The fraction of sp³-hybridized carbons (Fsp3) is 0.750. The molecule has 7 nitrogen and oxygen atoms in total. The smallest absolute Gasteiger partial charge is 0.326 e. The number of nitrogens with one attached hydrogen (secondary N) is 2. The third kappa shape index (κ3) is 5.58. The van der Waals surface area contributed by atoms with Gasteiger partial charge in [0.2, 0.25) is 5.91 Å². The molecule has 19 heavy (non-hydrogen) atoms. The summed E-state index contributed by atoms with van der Waals surface area (Å²) < 4.78 is 0. The number of carboxylic acid groups (broad SMARTS) is 1. The van der Waals surface area contributed by atoms with Crippen molar-refractivity contribution in [3.8, 4) is 0 Å². The summed E-state index contributed by atoms with van der Waals surface area (Å²) >= 11 is 0. The van der Waals surface area contributed by atoms with Crippen LogP contribution >= 0.6 is 0 Å². The summed E-state index contributed by atoms with van der Waals surface area (Å²) in [5, 5.41) is 13.8. The van der Waals surface area contributed by atoms with E-state index >= 15 is 0 Å². The lowest BCUT2D eigenvalue weighted by Crippen LogP contribution is -2.56. The Morgan fingerprint density at radius 1 is 1.11 bits per heavy atom. The van der Waals surface area contributed by atoms with Gasteiger partial charge in [-0.1, -0.05) is 34.1 Å². The molecule has 0 aromatic carbocycles. The van der Waals surface area contributed by atoms with Crippen molar-refractivity contribution >= 4 is 17.9 Å². The number of amides is 3. The normalized spacial score (nSPS) is 15.4. The van der Waals surface area contributed by atoms with E-state index in [-0.39, 0.29) is 11.8 Å². The van der Waals surface area contributed by atoms with Gasteiger partial charge in [-0.05, 0) is 11.8 Å². The average Bonchev–Trinajstić information content (AvgIpc) is 2.30. The minimum absolute atomic E-state index is 0.144. The standard InChI is InChI=1S/C12H23N3O4/c1-5-7(4)9(15-12(13)19)10(16)14-8(6(2)3)11(17)18/h6-9H,5H2,1-4H3,(H,14,16)(H,17,18)(H3,13,15,19)/t7?,8-,9?/m0/s1. The molecule has 0 spiro atoms. The molecule has 0 saturated heterocycles. The number of nitrogens with two attached hydrogens (primary N) is 1. The molecule has 3 atom stereocenters. The second kappa shape index (κ2) is 7.60. The quantitative estimate of drug-likeness (QED) is 0.532. The van der Waals surface area contributed by atoms with Gasteiger partial charge in [0.25, 0.3) is 0 Å². The maximum Gasteiger partial charge on any atom is 0.326 e. The van der Waals surface area contributed by atoms with E-state index in [1.165, 1.54) is 0 Å². The minimum atomic E-state index is -1.11. The van der Waals surface area contributed by atoms with Gasteiger partial charge in [-0.25, -0.2) is 9.59 Å². The summed E-state index contributed by atoms with van der Waals surface area (Å²) in [5.41, 5.74) is 5.03. The molecule has 0 saturated carbocycles. The van der Waals surface area contributed by atoms with Crippen LogP contribution in [-0.2, 0) is 9.59 Å². The van der Waals surface area contributed by atoms with E-state index in [1.54, 1.807) is 20.8 Å². The van der Waals surface area contributed by atoms with Crippen LogP contribution in [0.3, 0.4) is 0 Å². The van der Waals surface area contributed by atoms with Crippen LogP contribution in [-0.4, -0.2) is 35.1 Å². The van der Waals surface area contributed by atoms with Crippen LogP contribution in [0.25, 0.3) is 0 Å². The summed E-state index contributed by atoms with van der Waals surface area (Å²) in [6, 6.07) is -2.63. The summed E-state index contributed by atoms with van der Waals surface area (Å²) in [5.74, 6) is -2.04. The predicted octanol–water partition coefficient (Wildman–Crippen LogP) is 0.295. The number of hydrogen-bond donors (Lipinski definition) is 4. The Bertz CT molecular complexity index is 344. The number of primary amides is 1. The van der Waals surface area contributed by atoms with Gasteiger partial charge in [-0.2, -0.15) is 0 Å². The van der Waals surface area contributed by atoms with Crippen molar-refractivity contribution in [1.29, 1.82) is 0 Å². The third-order valence-electron chi connectivity index (χ3n) is 3.02. The molecule has 0 fully saturated rings. The first-order valence-corrected chi connectivity index (χ1v) is 6.29. The fourth-order valence-corrected chi connectivity index (χ4v) is 1.61. The molecule has 3 amide bonds. The van der Waals surface area contributed by atoms with Crippen molar-refractivity contribution in [1.82, 2.24) is 10.6 Å². The maximum absolute atomic E-state index is 12.1. The molecule has 7 heteroatoms. The Balaban J connectivity index is 4.89. The van der Waals surface area contributed by atoms with Crippen molar-refractivity contribution in [2.75, 3.05) is 0 Å². The molecule has 0 aromatic heterocycles. The van der Waals surface area contributed by atoms with Gasteiger partial charge in [0.1, 0.15) is 12.1 Å². The van der Waals surface area contributed by atoms with E-state index in [1.807, 2.05) is 6.92 Å². The first-order chi connectivity index (χ1) is 8.70. The molecule has 5 N–H and O–H groups in total. The Morgan fingerprint density at radius 2 is 1.63 bits per heavy atom. The minimum Gasteiger partial charge on any atom is -0.480 e. The Hall–Kier alpha value is -1.79. The number of carbonyl (C=O) groups excluding carboxylic acids is 2. The molecule has 0 aliphatic rings. The molecular formula is C12H23N3O4. The van der Waals surface area contributed by atoms with Crippen LogP contribution in [0.5, 0.6) is 0 Å². The second-order valence-corrected chi connectivity index (χ2v) is 4.94. The lowest BCUT2D eigenvalue weighted by molar-refractivity contribution is -0.143. The van der Waals surface area contributed by atoms with Crippen LogP contribution in [0, 0.1) is 11.8 Å². The van der Waals surface area contributed by atoms with E-state index in [0.717, 1.165) is 0 Å². The van der Waals surface area contributed by atoms with Crippen molar-refractivity contribution < 1.29 is 19.5 Å². The molecular weight excluding hydrogens is 250 g/mol. The summed E-state index contributed by atoms with van der Waals surface area (Å²) in [6.07, 6.45) is 0.651. The van der Waals surface area contributed by atoms with Gasteiger partial charge in [0.15, 0.2) is 0 Å². The number of rotatable bonds is 7. The van der Waals surface area contributed by atoms with Crippen LogP contribution < -0.4 is 16.4 Å². The molecule has 0 radical (unpaired) electrons. The van der Waals surface area contributed by atoms with Crippen molar-refractivity contribution in [2.24, 2.45) is 17.6 Å². The maximum atomic E-state index is 12.1. The van der Waals surface area contributed by atoms with E-state index < -0.39 is 30.0 Å². The molecule has 0 aromatic rings. The van der Waals surface area contributed by atoms with Gasteiger partial charge in [0, 0.05) is 0 Å². The summed E-state index contributed by atoms with van der Waals surface area (Å²) in [6.45, 7) is 7.04. The zero-order valence-corrected chi connectivity index (χ0v) is 11.8. The fourth-order valence-electron chi connectivity index (χ4n) is 1.61. The molecule has 0 aliphatic carbocycles. The topological polar surface area (TPSA) is 122 Å². The monoisotopic (exact) mass is 273 g/mol. The molecule has 0 aliphatic heterocycles. The van der Waals surface area contributed by atoms with Gasteiger partial charge in [-0.3, -0.25) is 4.79 Å². The SMILES string of the molecule is CCC(C)C(NC(N)=O)C(=O)N[C@H](C(=O)O)C(C)C. The van der Waals surface area contributed by atoms with Gasteiger partial charge in [0.05, 0.1) is 0 Å². The van der Waals surface area contributed by atoms with Gasteiger partial charge in [-0.15, -0.1) is 0 Å². The Kier molecular flexibility index (Phi) is 6.89. The molecule has 0 bridgehead atoms. The highest BCUT2D eigenvalue weighted by Gasteiger charge is 2.30. The first kappa shape index (κ1) is 17.2. The highest BCUT2D eigenvalue weighted by atomic mass is 16.4. The lowest BCUT2D eigenvalue weighted by Gasteiger charge is -2.25. The number of carboxylic acids is 1. The highest BCUT2D eigenvalue weighted by molar-refractivity contribution is 5.90. The van der Waals surface area contributed by atoms with E-state index in [4.69, 9.17) is 10.8 Å². The number of urea groups is 1. The van der Waals surface area contributed by atoms with Crippen molar-refractivity contribution in [3.63, 3.8) is 0 Å².